The van der Waals surface area contributed by atoms with E-state index in [1.54, 1.807) is 22.9 Å². The minimum absolute atomic E-state index is 0.00147. The Bertz CT molecular complexity index is 1040. The molecule has 0 aliphatic carbocycles. The molecule has 1 fully saturated rings. The minimum Gasteiger partial charge on any atom is -0.368 e. The predicted molar refractivity (Wildman–Crippen MR) is 116 cm³/mol. The summed E-state index contributed by atoms with van der Waals surface area (Å²) in [5.41, 5.74) is 1.83. The van der Waals surface area contributed by atoms with Crippen molar-refractivity contribution in [1.29, 1.82) is 0 Å². The number of amides is 2. The van der Waals surface area contributed by atoms with Gasteiger partial charge in [-0.05, 0) is 24.6 Å². The second-order valence-electron chi connectivity index (χ2n) is 7.80. The van der Waals surface area contributed by atoms with Crippen LogP contribution in [0.3, 0.4) is 0 Å². The van der Waals surface area contributed by atoms with Gasteiger partial charge in [0.2, 0.25) is 11.8 Å². The molecule has 3 aromatic rings. The van der Waals surface area contributed by atoms with Crippen LogP contribution in [0.25, 0.3) is 0 Å². The Kier molecular flexibility index (Phi) is 6.86. The molecule has 1 aliphatic rings. The van der Waals surface area contributed by atoms with Gasteiger partial charge in [0.15, 0.2) is 5.82 Å². The predicted octanol–water partition coefficient (Wildman–Crippen LogP) is 1.51. The number of nitrogens with one attached hydrogen (secondary N) is 1. The third-order valence-corrected chi connectivity index (χ3v) is 5.24. The van der Waals surface area contributed by atoms with Crippen LogP contribution in [0.2, 0.25) is 0 Å². The molecule has 1 atom stereocenters. The van der Waals surface area contributed by atoms with Crippen molar-refractivity contribution < 1.29 is 14.3 Å². The maximum atomic E-state index is 13.0. The molecule has 2 amide bonds. The van der Waals surface area contributed by atoms with Crippen LogP contribution >= 0.6 is 0 Å². The summed E-state index contributed by atoms with van der Waals surface area (Å²) in [7, 11) is 0. The van der Waals surface area contributed by atoms with Crippen molar-refractivity contribution in [2.24, 2.45) is 0 Å². The Balaban J connectivity index is 1.48. The van der Waals surface area contributed by atoms with Crippen LogP contribution in [0, 0.1) is 6.92 Å². The highest BCUT2D eigenvalue weighted by atomic mass is 16.5. The lowest BCUT2D eigenvalue weighted by atomic mass is 10.2. The second-order valence-corrected chi connectivity index (χ2v) is 7.80. The lowest BCUT2D eigenvalue weighted by Gasteiger charge is -2.24. The molecule has 0 radical (unpaired) electrons. The van der Waals surface area contributed by atoms with E-state index in [0.29, 0.717) is 37.9 Å². The number of hydrogen-bond donors (Lipinski definition) is 1. The molecule has 0 spiro atoms. The molecule has 4 rings (SSSR count). The number of carbonyl (C=O) groups excluding carboxylic acids is 2. The molecule has 166 valence electrons. The van der Waals surface area contributed by atoms with Crippen molar-refractivity contribution in [1.82, 2.24) is 30.0 Å². The van der Waals surface area contributed by atoms with E-state index < -0.39 is 0 Å². The SMILES string of the molecule is Cc1nc(CC(=O)N2CC(=O)N(Cc3ccccc3)C[C@@H](OCc3ccccn3)C2)n[nH]1. The van der Waals surface area contributed by atoms with Crippen molar-refractivity contribution in [3.05, 3.63) is 77.6 Å². The van der Waals surface area contributed by atoms with Crippen molar-refractivity contribution in [3.8, 4) is 0 Å². The fraction of sp³-hybridized carbons (Fsp3) is 0.348. The number of hydrogen-bond acceptors (Lipinski definition) is 6. The maximum absolute atomic E-state index is 13.0. The normalized spacial score (nSPS) is 16.8. The molecular weight excluding hydrogens is 408 g/mol. The van der Waals surface area contributed by atoms with E-state index in [1.807, 2.05) is 48.5 Å². The zero-order valence-electron chi connectivity index (χ0n) is 18.0. The van der Waals surface area contributed by atoms with Gasteiger partial charge in [-0.3, -0.25) is 19.7 Å². The zero-order chi connectivity index (χ0) is 22.3. The quantitative estimate of drug-likeness (QED) is 0.604. The van der Waals surface area contributed by atoms with E-state index in [9.17, 15) is 9.59 Å². The average Bonchev–Trinajstić information content (AvgIpc) is 3.14. The molecule has 1 N–H and O–H groups in total. The number of pyridine rings is 1. The van der Waals surface area contributed by atoms with Gasteiger partial charge in [-0.15, -0.1) is 0 Å². The smallest absolute Gasteiger partial charge is 0.242 e. The Labute approximate surface area is 186 Å². The standard InChI is InChI=1S/C23H26N6O3/c1-17-25-21(27-26-17)11-22(30)29-14-20(32-16-19-9-5-6-10-24-19)13-28(23(31)15-29)12-18-7-3-2-4-8-18/h2-10,20H,11-16H2,1H3,(H,25,26,27)/t20-/m1/s1. The molecule has 9 nitrogen and oxygen atoms in total. The number of nitrogens with zero attached hydrogens (tertiary/aromatic N) is 5. The molecule has 0 unspecified atom stereocenters. The Morgan fingerprint density at radius 3 is 2.69 bits per heavy atom. The molecule has 1 aromatic carbocycles. The zero-order valence-corrected chi connectivity index (χ0v) is 18.0. The van der Waals surface area contributed by atoms with Crippen LogP contribution in [0.5, 0.6) is 0 Å². The molecule has 3 heterocycles. The summed E-state index contributed by atoms with van der Waals surface area (Å²) in [4.78, 5) is 37.8. The van der Waals surface area contributed by atoms with Crippen molar-refractivity contribution in [3.63, 3.8) is 0 Å². The van der Waals surface area contributed by atoms with E-state index in [1.165, 1.54) is 0 Å². The fourth-order valence-electron chi connectivity index (χ4n) is 3.63. The Morgan fingerprint density at radius 1 is 1.16 bits per heavy atom. The largest absolute Gasteiger partial charge is 0.368 e. The molecule has 9 heteroatoms. The van der Waals surface area contributed by atoms with E-state index in [0.717, 1.165) is 11.3 Å². The van der Waals surface area contributed by atoms with Gasteiger partial charge in [0, 0.05) is 25.8 Å². The number of aromatic nitrogens is 4. The summed E-state index contributed by atoms with van der Waals surface area (Å²) < 4.78 is 6.11. The van der Waals surface area contributed by atoms with E-state index in [2.05, 4.69) is 20.2 Å². The van der Waals surface area contributed by atoms with Gasteiger partial charge in [-0.1, -0.05) is 36.4 Å². The van der Waals surface area contributed by atoms with Crippen LogP contribution in [-0.2, 0) is 33.9 Å². The number of aryl methyl sites for hydroxylation is 1. The van der Waals surface area contributed by atoms with Gasteiger partial charge in [-0.2, -0.15) is 5.10 Å². The third-order valence-electron chi connectivity index (χ3n) is 5.24. The second kappa shape index (κ2) is 10.1. The molecule has 0 bridgehead atoms. The van der Waals surface area contributed by atoms with Crippen molar-refractivity contribution in [2.75, 3.05) is 19.6 Å². The maximum Gasteiger partial charge on any atom is 0.242 e. The van der Waals surface area contributed by atoms with Gasteiger partial charge in [0.25, 0.3) is 0 Å². The summed E-state index contributed by atoms with van der Waals surface area (Å²) in [6, 6.07) is 15.4. The van der Waals surface area contributed by atoms with Gasteiger partial charge >= 0.3 is 0 Å². The summed E-state index contributed by atoms with van der Waals surface area (Å²) in [6.07, 6.45) is 1.40. The lowest BCUT2D eigenvalue weighted by molar-refractivity contribution is -0.138. The van der Waals surface area contributed by atoms with E-state index >= 15 is 0 Å². The molecule has 1 saturated heterocycles. The molecule has 32 heavy (non-hydrogen) atoms. The van der Waals surface area contributed by atoms with Crippen LogP contribution in [-0.4, -0.2) is 67.5 Å². The molecular formula is C23H26N6O3. The molecule has 0 saturated carbocycles. The summed E-state index contributed by atoms with van der Waals surface area (Å²) in [6.45, 7) is 3.25. The Morgan fingerprint density at radius 2 is 1.97 bits per heavy atom. The van der Waals surface area contributed by atoms with Crippen LogP contribution in [0.1, 0.15) is 22.9 Å². The van der Waals surface area contributed by atoms with Crippen molar-refractivity contribution in [2.45, 2.75) is 32.6 Å². The first kappa shape index (κ1) is 21.6. The lowest BCUT2D eigenvalue weighted by Crippen LogP contribution is -2.40. The number of aromatic amines is 1. The highest BCUT2D eigenvalue weighted by molar-refractivity contribution is 5.86. The summed E-state index contributed by atoms with van der Waals surface area (Å²) in [5.74, 6) is 0.740. The van der Waals surface area contributed by atoms with Gasteiger partial charge in [0.1, 0.15) is 5.82 Å². The van der Waals surface area contributed by atoms with E-state index in [-0.39, 0.29) is 30.9 Å². The van der Waals surface area contributed by atoms with Crippen molar-refractivity contribution >= 4 is 11.8 Å². The van der Waals surface area contributed by atoms with E-state index in [4.69, 9.17) is 4.74 Å². The Hall–Kier alpha value is -3.59. The van der Waals surface area contributed by atoms with Crippen LogP contribution in [0.4, 0.5) is 0 Å². The third kappa shape index (κ3) is 5.76. The minimum atomic E-state index is -0.343. The number of ether oxygens (including phenoxy) is 1. The van der Waals surface area contributed by atoms with Gasteiger partial charge < -0.3 is 14.5 Å². The molecule has 1 aliphatic heterocycles. The fourth-order valence-corrected chi connectivity index (χ4v) is 3.63. The molecule has 2 aromatic heterocycles. The highest BCUT2D eigenvalue weighted by Crippen LogP contribution is 2.15. The number of rotatable bonds is 7. The van der Waals surface area contributed by atoms with Gasteiger partial charge in [0.05, 0.1) is 31.4 Å². The number of H-pyrrole nitrogens is 1. The topological polar surface area (TPSA) is 104 Å². The first-order valence-electron chi connectivity index (χ1n) is 10.6. The first-order valence-corrected chi connectivity index (χ1v) is 10.6. The average molecular weight is 435 g/mol. The summed E-state index contributed by atoms with van der Waals surface area (Å²) in [5, 5.41) is 6.78. The van der Waals surface area contributed by atoms with Crippen LogP contribution < -0.4 is 0 Å². The van der Waals surface area contributed by atoms with Gasteiger partial charge in [-0.25, -0.2) is 4.98 Å². The number of carbonyl (C=O) groups is 2. The monoisotopic (exact) mass is 434 g/mol. The number of benzene rings is 1. The summed E-state index contributed by atoms with van der Waals surface area (Å²) >= 11 is 0. The van der Waals surface area contributed by atoms with Crippen LogP contribution in [0.15, 0.2) is 54.7 Å². The first-order chi connectivity index (χ1) is 15.6. The highest BCUT2D eigenvalue weighted by Gasteiger charge is 2.31.